The molecule has 0 radical (unpaired) electrons. The van der Waals surface area contributed by atoms with Gasteiger partial charge in [-0.25, -0.2) is 0 Å². The molecule has 1 aliphatic rings. The fraction of sp³-hybridized carbons (Fsp3) is 0.400. The zero-order chi connectivity index (χ0) is 13.8. The first-order valence-electron chi connectivity index (χ1n) is 6.32. The van der Waals surface area contributed by atoms with E-state index in [1.807, 2.05) is 0 Å². The molecule has 0 saturated heterocycles. The Morgan fingerprint density at radius 1 is 1.58 bits per heavy atom. The summed E-state index contributed by atoms with van der Waals surface area (Å²) in [5, 5.41) is 0. The number of hydrogen-bond donors (Lipinski definition) is 1. The van der Waals surface area contributed by atoms with Gasteiger partial charge in [0.05, 0.1) is 24.9 Å². The zero-order valence-electron chi connectivity index (χ0n) is 11.1. The number of amides is 1. The molecule has 0 heterocycles. The van der Waals surface area contributed by atoms with Crippen LogP contribution in [0.5, 0.6) is 5.75 Å². The maximum atomic E-state index is 12.5. The van der Waals surface area contributed by atoms with Gasteiger partial charge in [-0.15, -0.1) is 6.42 Å². The van der Waals surface area contributed by atoms with Gasteiger partial charge in [0.15, 0.2) is 5.75 Å². The molecule has 0 aromatic heterocycles. The maximum absolute atomic E-state index is 12.5. The molecule has 100 valence electrons. The number of anilines is 1. The SMILES string of the molecule is C#CCN(CC1CC1)C(=O)c1cccc(N)c1OC. The molecule has 0 unspecified atom stereocenters. The fourth-order valence-corrected chi connectivity index (χ4v) is 2.06. The van der Waals surface area contributed by atoms with Crippen LogP contribution in [0.15, 0.2) is 18.2 Å². The van der Waals surface area contributed by atoms with E-state index in [0.29, 0.717) is 36.0 Å². The van der Waals surface area contributed by atoms with Crippen molar-refractivity contribution in [3.8, 4) is 18.1 Å². The van der Waals surface area contributed by atoms with E-state index in [2.05, 4.69) is 5.92 Å². The number of carbonyl (C=O) groups excluding carboxylic acids is 1. The molecule has 0 bridgehead atoms. The Kier molecular flexibility index (Phi) is 3.96. The Morgan fingerprint density at radius 3 is 2.89 bits per heavy atom. The highest BCUT2D eigenvalue weighted by molar-refractivity contribution is 5.98. The van der Waals surface area contributed by atoms with Gasteiger partial charge in [-0.05, 0) is 30.9 Å². The molecule has 1 saturated carbocycles. The van der Waals surface area contributed by atoms with Crippen LogP contribution in [0, 0.1) is 18.3 Å². The van der Waals surface area contributed by atoms with E-state index in [4.69, 9.17) is 16.9 Å². The molecule has 19 heavy (non-hydrogen) atoms. The molecule has 0 aliphatic heterocycles. The van der Waals surface area contributed by atoms with E-state index < -0.39 is 0 Å². The Balaban J connectivity index is 2.25. The van der Waals surface area contributed by atoms with Gasteiger partial charge in [-0.3, -0.25) is 4.79 Å². The third-order valence-electron chi connectivity index (χ3n) is 3.22. The minimum atomic E-state index is -0.117. The lowest BCUT2D eigenvalue weighted by Crippen LogP contribution is -2.33. The standard InChI is InChI=1S/C15H18N2O2/c1-3-9-17(10-11-7-8-11)15(18)12-5-4-6-13(16)14(12)19-2/h1,4-6,11H,7-10,16H2,2H3. The molecular formula is C15H18N2O2. The van der Waals surface area contributed by atoms with Gasteiger partial charge in [-0.1, -0.05) is 12.0 Å². The lowest BCUT2D eigenvalue weighted by atomic mass is 10.1. The number of nitrogens with zero attached hydrogens (tertiary/aromatic N) is 1. The predicted molar refractivity (Wildman–Crippen MR) is 74.9 cm³/mol. The van der Waals surface area contributed by atoms with Crippen molar-refractivity contribution >= 4 is 11.6 Å². The second-order valence-electron chi connectivity index (χ2n) is 4.76. The van der Waals surface area contributed by atoms with Crippen molar-refractivity contribution in [2.45, 2.75) is 12.8 Å². The first-order chi connectivity index (χ1) is 9.17. The first kappa shape index (κ1) is 13.3. The van der Waals surface area contributed by atoms with Crippen molar-refractivity contribution in [2.24, 2.45) is 5.92 Å². The van der Waals surface area contributed by atoms with Gasteiger partial charge in [0.1, 0.15) is 0 Å². The largest absolute Gasteiger partial charge is 0.494 e. The highest BCUT2D eigenvalue weighted by Crippen LogP contribution is 2.32. The quantitative estimate of drug-likeness (QED) is 0.647. The highest BCUT2D eigenvalue weighted by Gasteiger charge is 2.28. The number of para-hydroxylation sites is 1. The van der Waals surface area contributed by atoms with E-state index in [-0.39, 0.29) is 5.91 Å². The number of nitrogens with two attached hydrogens (primary N) is 1. The van der Waals surface area contributed by atoms with Crippen molar-refractivity contribution < 1.29 is 9.53 Å². The average molecular weight is 258 g/mol. The number of hydrogen-bond acceptors (Lipinski definition) is 3. The lowest BCUT2D eigenvalue weighted by Gasteiger charge is -2.21. The first-order valence-corrected chi connectivity index (χ1v) is 6.32. The van der Waals surface area contributed by atoms with Gasteiger partial charge in [0, 0.05) is 6.54 Å². The van der Waals surface area contributed by atoms with Gasteiger partial charge in [0.2, 0.25) is 0 Å². The summed E-state index contributed by atoms with van der Waals surface area (Å²) in [4.78, 5) is 14.2. The van der Waals surface area contributed by atoms with Gasteiger partial charge in [-0.2, -0.15) is 0 Å². The van der Waals surface area contributed by atoms with Crippen LogP contribution >= 0.6 is 0 Å². The summed E-state index contributed by atoms with van der Waals surface area (Å²) in [5.74, 6) is 3.43. The molecule has 1 amide bonds. The monoisotopic (exact) mass is 258 g/mol. The topological polar surface area (TPSA) is 55.6 Å². The van der Waals surface area contributed by atoms with Crippen molar-refractivity contribution in [3.63, 3.8) is 0 Å². The van der Waals surface area contributed by atoms with Crippen molar-refractivity contribution in [1.29, 1.82) is 0 Å². The van der Waals surface area contributed by atoms with E-state index in [1.165, 1.54) is 20.0 Å². The number of rotatable bonds is 5. The lowest BCUT2D eigenvalue weighted by molar-refractivity contribution is 0.0766. The van der Waals surface area contributed by atoms with Gasteiger partial charge in [0.25, 0.3) is 5.91 Å². The van der Waals surface area contributed by atoms with Gasteiger partial charge < -0.3 is 15.4 Å². The molecular weight excluding hydrogens is 240 g/mol. The average Bonchev–Trinajstić information content (AvgIpc) is 3.21. The zero-order valence-corrected chi connectivity index (χ0v) is 11.1. The van der Waals surface area contributed by atoms with E-state index >= 15 is 0 Å². The van der Waals surface area contributed by atoms with Crippen LogP contribution in [-0.2, 0) is 0 Å². The molecule has 4 nitrogen and oxygen atoms in total. The van der Waals surface area contributed by atoms with Crippen LogP contribution in [0.4, 0.5) is 5.69 Å². The molecule has 1 aliphatic carbocycles. The van der Waals surface area contributed by atoms with Gasteiger partial charge >= 0.3 is 0 Å². The highest BCUT2D eigenvalue weighted by atomic mass is 16.5. The minimum Gasteiger partial charge on any atom is -0.494 e. The number of nitrogen functional groups attached to an aromatic ring is 1. The van der Waals surface area contributed by atoms with Crippen LogP contribution in [-0.4, -0.2) is 31.0 Å². The van der Waals surface area contributed by atoms with E-state index in [9.17, 15) is 4.79 Å². The second kappa shape index (κ2) is 5.66. The molecule has 1 aromatic carbocycles. The summed E-state index contributed by atoms with van der Waals surface area (Å²) in [6.07, 6.45) is 7.68. The number of ether oxygens (including phenoxy) is 1. The number of methoxy groups -OCH3 is 1. The van der Waals surface area contributed by atoms with Crippen LogP contribution in [0.2, 0.25) is 0 Å². The van der Waals surface area contributed by atoms with Crippen LogP contribution in [0.3, 0.4) is 0 Å². The molecule has 0 spiro atoms. The smallest absolute Gasteiger partial charge is 0.258 e. The molecule has 0 atom stereocenters. The van der Waals surface area contributed by atoms with Crippen molar-refractivity contribution in [2.75, 3.05) is 25.9 Å². The summed E-state index contributed by atoms with van der Waals surface area (Å²) in [5.41, 5.74) is 6.75. The molecule has 1 fully saturated rings. The Bertz CT molecular complexity index is 515. The van der Waals surface area contributed by atoms with Crippen molar-refractivity contribution in [3.05, 3.63) is 23.8 Å². The van der Waals surface area contributed by atoms with E-state index in [0.717, 1.165) is 0 Å². The third-order valence-corrected chi connectivity index (χ3v) is 3.22. The summed E-state index contributed by atoms with van der Waals surface area (Å²) >= 11 is 0. The molecule has 1 aromatic rings. The number of carbonyl (C=O) groups is 1. The Hall–Kier alpha value is -2.15. The summed E-state index contributed by atoms with van der Waals surface area (Å²) in [6.45, 7) is 1.02. The third kappa shape index (κ3) is 3.00. The van der Waals surface area contributed by atoms with Crippen LogP contribution in [0.1, 0.15) is 23.2 Å². The molecule has 4 heteroatoms. The second-order valence-corrected chi connectivity index (χ2v) is 4.76. The molecule has 2 N–H and O–H groups in total. The normalized spacial score (nSPS) is 13.7. The fourth-order valence-electron chi connectivity index (χ4n) is 2.06. The molecule has 2 rings (SSSR count). The maximum Gasteiger partial charge on any atom is 0.258 e. The summed E-state index contributed by atoms with van der Waals surface area (Å²) in [6, 6.07) is 5.17. The van der Waals surface area contributed by atoms with E-state index in [1.54, 1.807) is 23.1 Å². The predicted octanol–water partition coefficient (Wildman–Crippen LogP) is 1.76. The number of benzene rings is 1. The van der Waals surface area contributed by atoms with Crippen LogP contribution < -0.4 is 10.5 Å². The van der Waals surface area contributed by atoms with Crippen molar-refractivity contribution in [1.82, 2.24) is 4.90 Å². The summed E-state index contributed by atoms with van der Waals surface area (Å²) < 4.78 is 5.22. The summed E-state index contributed by atoms with van der Waals surface area (Å²) in [7, 11) is 1.51. The Labute approximate surface area is 113 Å². The number of terminal acetylenes is 1. The van der Waals surface area contributed by atoms with Crippen LogP contribution in [0.25, 0.3) is 0 Å². The Morgan fingerprint density at radius 2 is 2.32 bits per heavy atom. The minimum absolute atomic E-state index is 0.117.